The van der Waals surface area contributed by atoms with Gasteiger partial charge in [0.2, 0.25) is 0 Å². The summed E-state index contributed by atoms with van der Waals surface area (Å²) in [6, 6.07) is -0.816. The quantitative estimate of drug-likeness (QED) is 0.397. The molecule has 0 saturated carbocycles. The van der Waals surface area contributed by atoms with Gasteiger partial charge >= 0.3 is 5.97 Å². The normalized spacial score (nSPS) is 11.6. The smallest absolute Gasteiger partial charge is 0.321 e. The summed E-state index contributed by atoms with van der Waals surface area (Å²) < 4.78 is 0.547. The van der Waals surface area contributed by atoms with Crippen molar-refractivity contribution >= 4 is 42.0 Å². The van der Waals surface area contributed by atoms with Crippen molar-refractivity contribution in [3.05, 3.63) is 17.3 Å². The van der Waals surface area contributed by atoms with Gasteiger partial charge in [-0.15, -0.1) is 0 Å². The number of aliphatic carboxylic acids is 1. The molecule has 0 aromatic carbocycles. The first-order chi connectivity index (χ1) is 8.06. The molecular formula is C8H11N5O2S2. The SMILES string of the molecule is NC(CS)C(=O)O.S=c1nc[nH]c2nc[nH]c12. The Balaban J connectivity index is 0.000000185. The van der Waals surface area contributed by atoms with Crippen LogP contribution in [0.4, 0.5) is 0 Å². The first-order valence-corrected chi connectivity index (χ1v) is 5.56. The lowest BCUT2D eigenvalue weighted by atomic mass is 10.4. The summed E-state index contributed by atoms with van der Waals surface area (Å²) in [7, 11) is 0. The number of nitrogens with two attached hydrogens (primary N) is 1. The van der Waals surface area contributed by atoms with Gasteiger partial charge in [-0.3, -0.25) is 4.79 Å². The number of rotatable bonds is 2. The van der Waals surface area contributed by atoms with Gasteiger partial charge in [0, 0.05) is 5.75 Å². The summed E-state index contributed by atoms with van der Waals surface area (Å²) in [5.41, 5.74) is 6.48. The van der Waals surface area contributed by atoms with Gasteiger partial charge in [0.1, 0.15) is 11.6 Å². The number of nitrogens with one attached hydrogen (secondary N) is 2. The number of aromatic amines is 2. The molecule has 0 aliphatic carbocycles. The molecule has 0 aliphatic heterocycles. The van der Waals surface area contributed by atoms with E-state index in [1.807, 2.05) is 0 Å². The number of nitrogens with zero attached hydrogens (tertiary/aromatic N) is 2. The molecular weight excluding hydrogens is 262 g/mol. The maximum absolute atomic E-state index is 9.76. The highest BCUT2D eigenvalue weighted by molar-refractivity contribution is 7.80. The predicted molar refractivity (Wildman–Crippen MR) is 68.5 cm³/mol. The molecule has 1 atom stereocenters. The van der Waals surface area contributed by atoms with Gasteiger partial charge in [-0.2, -0.15) is 12.6 Å². The van der Waals surface area contributed by atoms with Crippen LogP contribution in [0.3, 0.4) is 0 Å². The molecule has 2 aromatic heterocycles. The number of carboxylic acids is 1. The van der Waals surface area contributed by atoms with Crippen LogP contribution in [-0.4, -0.2) is 42.8 Å². The summed E-state index contributed by atoms with van der Waals surface area (Å²) >= 11 is 8.55. The zero-order chi connectivity index (χ0) is 12.8. The van der Waals surface area contributed by atoms with Crippen molar-refractivity contribution in [2.75, 3.05) is 5.75 Å². The number of thiol groups is 1. The summed E-state index contributed by atoms with van der Waals surface area (Å²) in [6.45, 7) is 0. The third-order valence-corrected chi connectivity index (χ3v) is 2.45. The molecule has 0 bridgehead atoms. The minimum atomic E-state index is -1.00. The monoisotopic (exact) mass is 273 g/mol. The van der Waals surface area contributed by atoms with E-state index in [0.29, 0.717) is 4.64 Å². The Bertz CT molecular complexity index is 552. The fourth-order valence-electron chi connectivity index (χ4n) is 0.861. The number of hydrogen-bond acceptors (Lipinski definition) is 6. The lowest BCUT2D eigenvalue weighted by Gasteiger charge is -1.96. The van der Waals surface area contributed by atoms with Crippen LogP contribution in [0.15, 0.2) is 12.7 Å². The second kappa shape index (κ2) is 6.33. The Morgan fingerprint density at radius 2 is 2.18 bits per heavy atom. The lowest BCUT2D eigenvalue weighted by molar-refractivity contribution is -0.137. The maximum Gasteiger partial charge on any atom is 0.321 e. The van der Waals surface area contributed by atoms with Crippen LogP contribution in [0, 0.1) is 4.64 Å². The molecule has 5 N–H and O–H groups in total. The fourth-order valence-corrected chi connectivity index (χ4v) is 1.23. The third kappa shape index (κ3) is 3.80. The first-order valence-electron chi connectivity index (χ1n) is 4.52. The molecule has 0 aliphatic rings. The average Bonchev–Trinajstić information content (AvgIpc) is 2.78. The van der Waals surface area contributed by atoms with Crippen molar-refractivity contribution in [1.82, 2.24) is 19.9 Å². The van der Waals surface area contributed by atoms with E-state index in [9.17, 15) is 4.79 Å². The van der Waals surface area contributed by atoms with E-state index >= 15 is 0 Å². The van der Waals surface area contributed by atoms with Crippen molar-refractivity contribution in [1.29, 1.82) is 0 Å². The van der Waals surface area contributed by atoms with Crippen LogP contribution in [0.5, 0.6) is 0 Å². The highest BCUT2D eigenvalue weighted by Crippen LogP contribution is 2.02. The molecule has 0 fully saturated rings. The summed E-state index contributed by atoms with van der Waals surface area (Å²) in [5, 5.41) is 8.01. The van der Waals surface area contributed by atoms with Crippen molar-refractivity contribution in [3.63, 3.8) is 0 Å². The molecule has 92 valence electrons. The van der Waals surface area contributed by atoms with Gasteiger partial charge in [0.15, 0.2) is 10.3 Å². The summed E-state index contributed by atoms with van der Waals surface area (Å²) in [4.78, 5) is 23.3. The number of H-pyrrole nitrogens is 2. The number of aromatic nitrogens is 4. The zero-order valence-corrected chi connectivity index (χ0v) is 10.3. The lowest BCUT2D eigenvalue weighted by Crippen LogP contribution is -2.31. The summed E-state index contributed by atoms with van der Waals surface area (Å²) in [5.74, 6) is -0.815. The van der Waals surface area contributed by atoms with Gasteiger partial charge in [-0.05, 0) is 0 Å². The second-order valence-electron chi connectivity index (χ2n) is 2.96. The predicted octanol–water partition coefficient (Wildman–Crippen LogP) is 0.344. The molecule has 9 heteroatoms. The molecule has 2 rings (SSSR count). The first kappa shape index (κ1) is 13.6. The Kier molecular flexibility index (Phi) is 5.07. The standard InChI is InChI=1S/C5H4N4S.C3H7NO2S/c10-5-3-4(7-1-6-3)8-2-9-5;4-2(1-7)3(5)6/h1-2H,(H2,6,7,8,9,10);2,7H,1,4H2,(H,5,6). The Morgan fingerprint density at radius 1 is 1.53 bits per heavy atom. The number of fused-ring (bicyclic) bond motifs is 1. The number of imidazole rings is 1. The van der Waals surface area contributed by atoms with E-state index in [2.05, 4.69) is 32.6 Å². The molecule has 0 radical (unpaired) electrons. The maximum atomic E-state index is 9.76. The molecule has 2 heterocycles. The van der Waals surface area contributed by atoms with E-state index in [1.165, 1.54) is 6.33 Å². The van der Waals surface area contributed by atoms with Gasteiger partial charge in [-0.1, -0.05) is 12.2 Å². The molecule has 17 heavy (non-hydrogen) atoms. The molecule has 0 saturated heterocycles. The van der Waals surface area contributed by atoms with Crippen molar-refractivity contribution in [2.24, 2.45) is 5.73 Å². The van der Waals surface area contributed by atoms with Crippen LogP contribution >= 0.6 is 24.8 Å². The minimum Gasteiger partial charge on any atom is -0.480 e. The number of hydrogen-bond donors (Lipinski definition) is 5. The topological polar surface area (TPSA) is 121 Å². The van der Waals surface area contributed by atoms with Crippen LogP contribution in [0.25, 0.3) is 11.2 Å². The Morgan fingerprint density at radius 3 is 2.65 bits per heavy atom. The molecule has 1 unspecified atom stereocenters. The van der Waals surface area contributed by atoms with Gasteiger partial charge < -0.3 is 20.8 Å². The number of carboxylic acid groups (broad SMARTS) is 1. The van der Waals surface area contributed by atoms with E-state index in [0.717, 1.165) is 11.2 Å². The number of carbonyl (C=O) groups is 1. The van der Waals surface area contributed by atoms with E-state index < -0.39 is 12.0 Å². The van der Waals surface area contributed by atoms with E-state index in [4.69, 9.17) is 23.1 Å². The molecule has 0 spiro atoms. The van der Waals surface area contributed by atoms with E-state index in [-0.39, 0.29) is 5.75 Å². The van der Waals surface area contributed by atoms with Gasteiger partial charge in [-0.25, -0.2) is 9.97 Å². The molecule has 7 nitrogen and oxygen atoms in total. The van der Waals surface area contributed by atoms with E-state index in [1.54, 1.807) is 6.33 Å². The van der Waals surface area contributed by atoms with Crippen LogP contribution in [0.2, 0.25) is 0 Å². The zero-order valence-electron chi connectivity index (χ0n) is 8.62. The Hall–Kier alpha value is -1.45. The van der Waals surface area contributed by atoms with Crippen LogP contribution in [-0.2, 0) is 4.79 Å². The van der Waals surface area contributed by atoms with Gasteiger partial charge in [0.05, 0.1) is 12.7 Å². The minimum absolute atomic E-state index is 0.190. The fraction of sp³-hybridized carbons (Fsp3) is 0.250. The van der Waals surface area contributed by atoms with Crippen molar-refractivity contribution < 1.29 is 9.90 Å². The highest BCUT2D eigenvalue weighted by Gasteiger charge is 2.06. The van der Waals surface area contributed by atoms with Crippen molar-refractivity contribution in [3.8, 4) is 0 Å². The van der Waals surface area contributed by atoms with Crippen LogP contribution < -0.4 is 5.73 Å². The third-order valence-electron chi connectivity index (χ3n) is 1.75. The van der Waals surface area contributed by atoms with Crippen LogP contribution in [0.1, 0.15) is 0 Å². The largest absolute Gasteiger partial charge is 0.480 e. The Labute approximate surface area is 107 Å². The van der Waals surface area contributed by atoms with Gasteiger partial charge in [0.25, 0.3) is 0 Å². The highest BCUT2D eigenvalue weighted by atomic mass is 32.1. The average molecular weight is 273 g/mol. The second-order valence-corrected chi connectivity index (χ2v) is 3.71. The van der Waals surface area contributed by atoms with Crippen molar-refractivity contribution in [2.45, 2.75) is 6.04 Å². The molecule has 2 aromatic rings. The summed E-state index contributed by atoms with van der Waals surface area (Å²) in [6.07, 6.45) is 3.12. The molecule has 0 amide bonds.